The number of rotatable bonds is 4. The first-order valence-electron chi connectivity index (χ1n) is 12.3. The Balaban J connectivity index is 1.48. The summed E-state index contributed by atoms with van der Waals surface area (Å²) in [4.78, 5) is 5.13. The molecule has 1 aliphatic rings. The number of fused-ring (bicyclic) bond motifs is 2. The fourth-order valence-corrected chi connectivity index (χ4v) is 5.11. The second kappa shape index (κ2) is 9.46. The van der Waals surface area contributed by atoms with Crippen LogP contribution in [-0.2, 0) is 0 Å². The van der Waals surface area contributed by atoms with Crippen molar-refractivity contribution < 1.29 is 0 Å². The zero-order valence-electron chi connectivity index (χ0n) is 20.2. The van der Waals surface area contributed by atoms with Gasteiger partial charge in [0.05, 0.1) is 28.1 Å². The molecule has 5 nitrogen and oxygen atoms in total. The Kier molecular flexibility index (Phi) is 5.66. The molecule has 0 fully saturated rings. The van der Waals surface area contributed by atoms with Gasteiger partial charge < -0.3 is 0 Å². The van der Waals surface area contributed by atoms with Gasteiger partial charge in [0.15, 0.2) is 5.84 Å². The number of halogens is 1. The maximum absolute atomic E-state index is 5.13. The highest BCUT2D eigenvalue weighted by Crippen LogP contribution is 2.41. The summed E-state index contributed by atoms with van der Waals surface area (Å²) in [6.45, 7) is 0. The minimum absolute atomic E-state index is 0.668. The zero-order valence-corrected chi connectivity index (χ0v) is 22.4. The lowest BCUT2D eigenvalue weighted by atomic mass is 10.1. The molecular formula is C32H21IN5. The summed E-state index contributed by atoms with van der Waals surface area (Å²) in [6.07, 6.45) is 0. The molecule has 1 aromatic heterocycles. The van der Waals surface area contributed by atoms with E-state index in [4.69, 9.17) is 15.4 Å². The molecule has 2 heterocycles. The van der Waals surface area contributed by atoms with Crippen LogP contribution in [0.15, 0.2) is 132 Å². The molecule has 0 saturated carbocycles. The topological polar surface area (TPSA) is 47.5 Å². The van der Waals surface area contributed by atoms with E-state index in [1.165, 1.54) is 3.57 Å². The maximum Gasteiger partial charge on any atom is 0.180 e. The molecule has 0 aliphatic carbocycles. The minimum atomic E-state index is 0.668. The molecule has 0 saturated heterocycles. The van der Waals surface area contributed by atoms with Crippen molar-refractivity contribution in [2.24, 2.45) is 5.10 Å². The second-order valence-electron chi connectivity index (χ2n) is 8.99. The first-order chi connectivity index (χ1) is 18.7. The quantitative estimate of drug-likeness (QED) is 0.192. The highest BCUT2D eigenvalue weighted by Gasteiger charge is 2.26. The molecule has 6 aromatic rings. The Labute approximate surface area is 234 Å². The molecule has 1 radical (unpaired) electrons. The SMILES string of the molecule is Ic1ccc(-n2c(-c3ccccc3)nc3cc4c(cc32)N(c2ccccc2)N=C(c2ccccc2)[N]4)cc1. The van der Waals surface area contributed by atoms with Gasteiger partial charge in [0, 0.05) is 20.4 Å². The van der Waals surface area contributed by atoms with Crippen LogP contribution in [0.4, 0.5) is 17.1 Å². The van der Waals surface area contributed by atoms with E-state index in [2.05, 4.69) is 87.8 Å². The molecular weight excluding hydrogens is 581 g/mol. The summed E-state index contributed by atoms with van der Waals surface area (Å²) in [5.74, 6) is 1.56. The monoisotopic (exact) mass is 602 g/mol. The minimum Gasteiger partial charge on any atom is -0.292 e. The molecule has 5 aromatic carbocycles. The fraction of sp³-hybridized carbons (Fsp3) is 0. The van der Waals surface area contributed by atoms with Gasteiger partial charge in [-0.05, 0) is 71.1 Å². The van der Waals surface area contributed by atoms with E-state index in [-0.39, 0.29) is 0 Å². The van der Waals surface area contributed by atoms with Crippen LogP contribution in [0.25, 0.3) is 28.1 Å². The highest BCUT2D eigenvalue weighted by molar-refractivity contribution is 14.1. The van der Waals surface area contributed by atoms with Gasteiger partial charge in [-0.3, -0.25) is 4.57 Å². The van der Waals surface area contributed by atoms with Crippen LogP contribution >= 0.6 is 22.6 Å². The Hall–Kier alpha value is -4.43. The van der Waals surface area contributed by atoms with Crippen molar-refractivity contribution in [3.63, 3.8) is 0 Å². The van der Waals surface area contributed by atoms with E-state index >= 15 is 0 Å². The Morgan fingerprint density at radius 1 is 0.605 bits per heavy atom. The van der Waals surface area contributed by atoms with Crippen molar-refractivity contribution in [1.82, 2.24) is 14.9 Å². The zero-order chi connectivity index (χ0) is 25.5. The van der Waals surface area contributed by atoms with E-state index in [0.717, 1.165) is 50.7 Å². The number of benzene rings is 5. The number of hydrogen-bond donors (Lipinski definition) is 0. The number of para-hydroxylation sites is 1. The first kappa shape index (κ1) is 22.7. The standard InChI is InChI=1S/C32H21IN5/c33-24-16-18-25(19-17-24)37-29-21-30-28(20-27(29)35-32(37)23-12-6-2-7-13-23)34-31(22-10-4-1-5-11-22)36-38(30)26-14-8-3-9-15-26/h1-21H. The van der Waals surface area contributed by atoms with E-state index in [1.54, 1.807) is 0 Å². The lowest BCUT2D eigenvalue weighted by molar-refractivity contribution is 1.01. The number of anilines is 2. The number of imidazole rings is 1. The van der Waals surface area contributed by atoms with E-state index < -0.39 is 0 Å². The third-order valence-corrected chi connectivity index (χ3v) is 7.27. The summed E-state index contributed by atoms with van der Waals surface area (Å²) in [5.41, 5.74) is 7.67. The van der Waals surface area contributed by atoms with Crippen LogP contribution in [0.5, 0.6) is 0 Å². The van der Waals surface area contributed by atoms with Gasteiger partial charge in [-0.15, -0.1) is 5.10 Å². The summed E-state index contributed by atoms with van der Waals surface area (Å²) in [7, 11) is 0. The van der Waals surface area contributed by atoms with Crippen molar-refractivity contribution in [3.05, 3.63) is 137 Å². The first-order valence-corrected chi connectivity index (χ1v) is 13.4. The Morgan fingerprint density at radius 3 is 1.92 bits per heavy atom. The smallest absolute Gasteiger partial charge is 0.180 e. The van der Waals surface area contributed by atoms with Crippen LogP contribution in [0.3, 0.4) is 0 Å². The molecule has 0 bridgehead atoms. The predicted molar refractivity (Wildman–Crippen MR) is 163 cm³/mol. The van der Waals surface area contributed by atoms with E-state index in [9.17, 15) is 0 Å². The predicted octanol–water partition coefficient (Wildman–Crippen LogP) is 8.05. The second-order valence-corrected chi connectivity index (χ2v) is 10.2. The average Bonchev–Trinajstić information content (AvgIpc) is 3.35. The van der Waals surface area contributed by atoms with Gasteiger partial charge in [0.2, 0.25) is 0 Å². The molecule has 0 atom stereocenters. The van der Waals surface area contributed by atoms with Gasteiger partial charge in [-0.1, -0.05) is 78.9 Å². The third-order valence-electron chi connectivity index (χ3n) is 6.55. The molecule has 0 N–H and O–H groups in total. The van der Waals surface area contributed by atoms with Crippen molar-refractivity contribution in [3.8, 4) is 17.1 Å². The van der Waals surface area contributed by atoms with Crippen molar-refractivity contribution >= 4 is 56.5 Å². The van der Waals surface area contributed by atoms with Crippen LogP contribution < -0.4 is 10.3 Å². The summed E-state index contributed by atoms with van der Waals surface area (Å²) < 4.78 is 3.41. The van der Waals surface area contributed by atoms with Crippen LogP contribution in [0.2, 0.25) is 0 Å². The molecule has 0 amide bonds. The van der Waals surface area contributed by atoms with E-state index in [1.807, 2.05) is 71.7 Å². The lowest BCUT2D eigenvalue weighted by Gasteiger charge is -2.27. The molecule has 7 rings (SSSR count). The largest absolute Gasteiger partial charge is 0.292 e. The molecule has 181 valence electrons. The van der Waals surface area contributed by atoms with Crippen LogP contribution in [0, 0.1) is 3.57 Å². The lowest BCUT2D eigenvalue weighted by Crippen LogP contribution is -2.25. The third kappa shape index (κ3) is 4.03. The highest BCUT2D eigenvalue weighted by atomic mass is 127. The van der Waals surface area contributed by atoms with E-state index in [0.29, 0.717) is 5.84 Å². The van der Waals surface area contributed by atoms with Crippen LogP contribution in [0.1, 0.15) is 5.56 Å². The van der Waals surface area contributed by atoms with Gasteiger partial charge in [-0.2, -0.15) is 0 Å². The van der Waals surface area contributed by atoms with Gasteiger partial charge >= 0.3 is 0 Å². The normalized spacial score (nSPS) is 12.7. The molecule has 38 heavy (non-hydrogen) atoms. The number of amidine groups is 1. The summed E-state index contributed by atoms with van der Waals surface area (Å²) >= 11 is 2.34. The fourth-order valence-electron chi connectivity index (χ4n) is 4.75. The van der Waals surface area contributed by atoms with Crippen molar-refractivity contribution in [1.29, 1.82) is 0 Å². The average molecular weight is 602 g/mol. The van der Waals surface area contributed by atoms with Gasteiger partial charge in [0.25, 0.3) is 0 Å². The van der Waals surface area contributed by atoms with Gasteiger partial charge in [0.1, 0.15) is 5.82 Å². The Morgan fingerprint density at radius 2 is 1.24 bits per heavy atom. The van der Waals surface area contributed by atoms with Crippen molar-refractivity contribution in [2.45, 2.75) is 0 Å². The number of nitrogens with zero attached hydrogens (tertiary/aromatic N) is 5. The van der Waals surface area contributed by atoms with Crippen LogP contribution in [-0.4, -0.2) is 15.4 Å². The number of hydrogen-bond acceptors (Lipinski definition) is 3. The summed E-state index contributed by atoms with van der Waals surface area (Å²) in [5, 5.41) is 12.0. The molecule has 0 spiro atoms. The number of hydrazone groups is 1. The number of aromatic nitrogens is 2. The summed E-state index contributed by atoms with van der Waals surface area (Å²) in [6, 6.07) is 43.4. The van der Waals surface area contributed by atoms with Gasteiger partial charge in [-0.25, -0.2) is 15.3 Å². The van der Waals surface area contributed by atoms with Crippen molar-refractivity contribution in [2.75, 3.05) is 5.01 Å². The molecule has 6 heteroatoms. The molecule has 1 aliphatic heterocycles. The Bertz CT molecular complexity index is 1780. The molecule has 0 unspecified atom stereocenters. The maximum atomic E-state index is 5.13.